The summed E-state index contributed by atoms with van der Waals surface area (Å²) in [6, 6.07) is 3.53. The van der Waals surface area contributed by atoms with Gasteiger partial charge >= 0.3 is 0 Å². The van der Waals surface area contributed by atoms with Crippen molar-refractivity contribution in [1.29, 1.82) is 0 Å². The minimum absolute atomic E-state index is 0.0329. The van der Waals surface area contributed by atoms with Crippen molar-refractivity contribution >= 4 is 15.9 Å². The molecule has 0 spiro atoms. The van der Waals surface area contributed by atoms with Crippen molar-refractivity contribution in [2.75, 3.05) is 0 Å². The number of hydrogen-bond acceptors (Lipinski definition) is 1. The van der Waals surface area contributed by atoms with Crippen LogP contribution in [-0.4, -0.2) is 4.98 Å². The average molecular weight is 202 g/mol. The molecule has 0 amide bonds. The van der Waals surface area contributed by atoms with Gasteiger partial charge in [-0.3, -0.25) is 4.79 Å². The Morgan fingerprint density at radius 2 is 2.30 bits per heavy atom. The van der Waals surface area contributed by atoms with Crippen LogP contribution in [0.3, 0.4) is 0 Å². The highest BCUT2D eigenvalue weighted by atomic mass is 79.9. The Bertz CT molecular complexity index is 279. The number of nitrogens with one attached hydrogen (secondary N) is 1. The van der Waals surface area contributed by atoms with Gasteiger partial charge in [0.2, 0.25) is 5.56 Å². The summed E-state index contributed by atoms with van der Waals surface area (Å²) in [6.45, 7) is 1.87. The third kappa shape index (κ3) is 1.70. The van der Waals surface area contributed by atoms with Crippen LogP contribution >= 0.6 is 15.9 Å². The molecule has 0 unspecified atom stereocenters. The Hall–Kier alpha value is -0.570. The van der Waals surface area contributed by atoms with E-state index in [1.807, 2.05) is 13.0 Å². The lowest BCUT2D eigenvalue weighted by Gasteiger charge is -1.94. The molecule has 0 saturated carbocycles. The minimum atomic E-state index is -0.0329. The van der Waals surface area contributed by atoms with E-state index < -0.39 is 0 Å². The van der Waals surface area contributed by atoms with E-state index in [1.165, 1.54) is 0 Å². The van der Waals surface area contributed by atoms with Gasteiger partial charge in [-0.1, -0.05) is 15.9 Å². The molecule has 1 N–H and O–H groups in total. The fraction of sp³-hybridized carbons (Fsp3) is 0.286. The van der Waals surface area contributed by atoms with Crippen molar-refractivity contribution in [3.63, 3.8) is 0 Å². The second-order valence-corrected chi connectivity index (χ2v) is 2.73. The molecule has 0 bridgehead atoms. The summed E-state index contributed by atoms with van der Waals surface area (Å²) in [5.74, 6) is 0. The van der Waals surface area contributed by atoms with Crippen molar-refractivity contribution in [2.45, 2.75) is 12.3 Å². The second kappa shape index (κ2) is 3.01. The molecular formula is C7H8BrNO. The number of pyridine rings is 1. The molecule has 54 valence electrons. The molecule has 0 aromatic carbocycles. The normalized spacial score (nSPS) is 9.80. The van der Waals surface area contributed by atoms with Crippen LogP contribution in [-0.2, 0) is 5.33 Å². The molecule has 0 aliphatic carbocycles. The van der Waals surface area contributed by atoms with Crippen molar-refractivity contribution in [2.24, 2.45) is 0 Å². The van der Waals surface area contributed by atoms with Crippen molar-refractivity contribution < 1.29 is 0 Å². The third-order valence-corrected chi connectivity index (χ3v) is 1.84. The van der Waals surface area contributed by atoms with E-state index in [9.17, 15) is 4.79 Å². The molecule has 1 heterocycles. The number of aromatic nitrogens is 1. The summed E-state index contributed by atoms with van der Waals surface area (Å²) in [6.07, 6.45) is 0. The predicted octanol–water partition coefficient (Wildman–Crippen LogP) is 1.58. The highest BCUT2D eigenvalue weighted by Crippen LogP contribution is 2.02. The monoisotopic (exact) mass is 201 g/mol. The van der Waals surface area contributed by atoms with Gasteiger partial charge in [0.05, 0.1) is 0 Å². The van der Waals surface area contributed by atoms with Crippen LogP contribution in [0.5, 0.6) is 0 Å². The lowest BCUT2D eigenvalue weighted by molar-refractivity contribution is 1.12. The number of hydrogen-bond donors (Lipinski definition) is 1. The van der Waals surface area contributed by atoms with Crippen LogP contribution in [0, 0.1) is 6.92 Å². The third-order valence-electron chi connectivity index (χ3n) is 1.19. The molecule has 10 heavy (non-hydrogen) atoms. The minimum Gasteiger partial charge on any atom is -0.326 e. The van der Waals surface area contributed by atoms with E-state index in [2.05, 4.69) is 20.9 Å². The van der Waals surface area contributed by atoms with Crippen LogP contribution in [0.2, 0.25) is 0 Å². The first-order valence-corrected chi connectivity index (χ1v) is 4.10. The van der Waals surface area contributed by atoms with Gasteiger partial charge in [-0.15, -0.1) is 0 Å². The molecule has 0 aliphatic rings. The maximum atomic E-state index is 10.8. The Morgan fingerprint density at radius 3 is 2.80 bits per heavy atom. The fourth-order valence-electron chi connectivity index (χ4n) is 0.832. The number of aromatic amines is 1. The van der Waals surface area contributed by atoms with Crippen LogP contribution in [0.1, 0.15) is 11.3 Å². The van der Waals surface area contributed by atoms with Gasteiger partial charge in [0.1, 0.15) is 0 Å². The standard InChI is InChI=1S/C7H8BrNO/c1-5-2-6(4-8)3-7(10)9-5/h2-3H,4H2,1H3,(H,9,10). The molecule has 1 aromatic heterocycles. The fourth-order valence-corrected chi connectivity index (χ4v) is 1.16. The number of aryl methyl sites for hydroxylation is 1. The smallest absolute Gasteiger partial charge is 0.248 e. The maximum absolute atomic E-state index is 10.8. The first-order chi connectivity index (χ1) is 4.72. The van der Waals surface area contributed by atoms with E-state index in [0.717, 1.165) is 16.6 Å². The van der Waals surface area contributed by atoms with Gasteiger partial charge in [0, 0.05) is 17.1 Å². The zero-order chi connectivity index (χ0) is 7.56. The Kier molecular flexibility index (Phi) is 2.27. The van der Waals surface area contributed by atoms with Crippen LogP contribution in [0.15, 0.2) is 16.9 Å². The predicted molar refractivity (Wildman–Crippen MR) is 44.4 cm³/mol. The van der Waals surface area contributed by atoms with E-state index in [0.29, 0.717) is 0 Å². The highest BCUT2D eigenvalue weighted by molar-refractivity contribution is 9.08. The topological polar surface area (TPSA) is 32.9 Å². The van der Waals surface area contributed by atoms with Gasteiger partial charge in [-0.05, 0) is 18.6 Å². The molecule has 0 atom stereocenters. The highest BCUT2D eigenvalue weighted by Gasteiger charge is 1.91. The zero-order valence-electron chi connectivity index (χ0n) is 5.65. The van der Waals surface area contributed by atoms with Gasteiger partial charge in [0.15, 0.2) is 0 Å². The SMILES string of the molecule is Cc1cc(CBr)cc(=O)[nH]1. The van der Waals surface area contributed by atoms with Crippen molar-refractivity contribution in [3.8, 4) is 0 Å². The molecule has 0 radical (unpaired) electrons. The summed E-state index contributed by atoms with van der Waals surface area (Å²) >= 11 is 3.27. The zero-order valence-corrected chi connectivity index (χ0v) is 7.23. The molecular weight excluding hydrogens is 194 g/mol. The molecule has 0 saturated heterocycles. The second-order valence-electron chi connectivity index (χ2n) is 2.17. The maximum Gasteiger partial charge on any atom is 0.248 e. The lowest BCUT2D eigenvalue weighted by atomic mass is 10.2. The lowest BCUT2D eigenvalue weighted by Crippen LogP contribution is -2.06. The molecule has 0 fully saturated rings. The molecule has 1 rings (SSSR count). The molecule has 2 nitrogen and oxygen atoms in total. The Labute approximate surface area is 67.4 Å². The van der Waals surface area contributed by atoms with Gasteiger partial charge < -0.3 is 4.98 Å². The summed E-state index contributed by atoms with van der Waals surface area (Å²) in [7, 11) is 0. The number of halogens is 1. The molecule has 1 aromatic rings. The summed E-state index contributed by atoms with van der Waals surface area (Å²) in [5, 5.41) is 0.734. The number of H-pyrrole nitrogens is 1. The first kappa shape index (κ1) is 7.54. The van der Waals surface area contributed by atoms with Crippen LogP contribution in [0.25, 0.3) is 0 Å². The van der Waals surface area contributed by atoms with E-state index >= 15 is 0 Å². The van der Waals surface area contributed by atoms with Gasteiger partial charge in [-0.25, -0.2) is 0 Å². The van der Waals surface area contributed by atoms with E-state index in [1.54, 1.807) is 6.07 Å². The Balaban J connectivity index is 3.19. The van der Waals surface area contributed by atoms with Gasteiger partial charge in [0.25, 0.3) is 0 Å². The summed E-state index contributed by atoms with van der Waals surface area (Å²) < 4.78 is 0. The van der Waals surface area contributed by atoms with Gasteiger partial charge in [-0.2, -0.15) is 0 Å². The Morgan fingerprint density at radius 1 is 1.60 bits per heavy atom. The largest absolute Gasteiger partial charge is 0.326 e. The quantitative estimate of drug-likeness (QED) is 0.689. The van der Waals surface area contributed by atoms with Crippen LogP contribution in [0.4, 0.5) is 0 Å². The number of alkyl halides is 1. The first-order valence-electron chi connectivity index (χ1n) is 2.98. The number of rotatable bonds is 1. The van der Waals surface area contributed by atoms with Crippen molar-refractivity contribution in [1.82, 2.24) is 4.98 Å². The average Bonchev–Trinajstić information content (AvgIpc) is 1.85. The van der Waals surface area contributed by atoms with Crippen LogP contribution < -0.4 is 5.56 Å². The summed E-state index contributed by atoms with van der Waals surface area (Å²) in [4.78, 5) is 13.5. The summed E-state index contributed by atoms with van der Waals surface area (Å²) in [5.41, 5.74) is 1.89. The van der Waals surface area contributed by atoms with E-state index in [4.69, 9.17) is 0 Å². The van der Waals surface area contributed by atoms with E-state index in [-0.39, 0.29) is 5.56 Å². The molecule has 3 heteroatoms. The molecule has 0 aliphatic heterocycles. The van der Waals surface area contributed by atoms with Crippen molar-refractivity contribution in [3.05, 3.63) is 33.7 Å².